The van der Waals surface area contributed by atoms with Crippen molar-refractivity contribution in [1.29, 1.82) is 0 Å². The van der Waals surface area contributed by atoms with E-state index in [4.69, 9.17) is 4.74 Å². The third-order valence-electron chi connectivity index (χ3n) is 5.57. The summed E-state index contributed by atoms with van der Waals surface area (Å²) in [7, 11) is 0. The minimum atomic E-state index is -0.532. The first kappa shape index (κ1) is 23.7. The van der Waals surface area contributed by atoms with Gasteiger partial charge in [-0.3, -0.25) is 9.59 Å². The number of hydrogen-bond acceptors (Lipinski definition) is 4. The summed E-state index contributed by atoms with van der Waals surface area (Å²) < 4.78 is 5.18. The van der Waals surface area contributed by atoms with Crippen LogP contribution in [0, 0.1) is 0 Å². The number of aromatic amines is 1. The molecular formula is C29H26N2O4. The van der Waals surface area contributed by atoms with E-state index in [9.17, 15) is 14.4 Å². The molecule has 0 radical (unpaired) electrons. The van der Waals surface area contributed by atoms with Crippen molar-refractivity contribution in [3.8, 4) is 22.4 Å². The molecule has 0 unspecified atom stereocenters. The van der Waals surface area contributed by atoms with Gasteiger partial charge in [-0.05, 0) is 59.5 Å². The van der Waals surface area contributed by atoms with Crippen molar-refractivity contribution in [2.75, 3.05) is 11.9 Å². The van der Waals surface area contributed by atoms with Gasteiger partial charge in [0.05, 0.1) is 12.2 Å². The molecule has 3 aromatic carbocycles. The normalized spacial score (nSPS) is 10.5. The summed E-state index contributed by atoms with van der Waals surface area (Å²) in [6.45, 7) is 2.40. The summed E-state index contributed by atoms with van der Waals surface area (Å²) in [5.41, 5.74) is 4.04. The van der Waals surface area contributed by atoms with Crippen molar-refractivity contribution < 1.29 is 14.3 Å². The second kappa shape index (κ2) is 11.1. The minimum Gasteiger partial charge on any atom is -0.462 e. The molecule has 0 atom stereocenters. The van der Waals surface area contributed by atoms with Gasteiger partial charge in [-0.15, -0.1) is 0 Å². The highest BCUT2D eigenvalue weighted by molar-refractivity contribution is 6.04. The molecule has 4 rings (SSSR count). The Hall–Kier alpha value is -4.45. The van der Waals surface area contributed by atoms with E-state index < -0.39 is 17.4 Å². The average molecular weight is 467 g/mol. The number of carbonyl (C=O) groups excluding carboxylic acids is 2. The maximum absolute atomic E-state index is 12.7. The van der Waals surface area contributed by atoms with Crippen molar-refractivity contribution in [1.82, 2.24) is 4.98 Å². The third-order valence-corrected chi connectivity index (χ3v) is 5.57. The van der Waals surface area contributed by atoms with Crippen LogP contribution in [0.1, 0.15) is 40.5 Å². The smallest absolute Gasteiger partial charge is 0.338 e. The molecule has 1 amide bonds. The number of aromatic nitrogens is 1. The monoisotopic (exact) mass is 466 g/mol. The number of hydrogen-bond donors (Lipinski definition) is 2. The van der Waals surface area contributed by atoms with Crippen LogP contribution in [0.15, 0.2) is 95.8 Å². The van der Waals surface area contributed by atoms with Crippen LogP contribution in [0.3, 0.4) is 0 Å². The molecule has 35 heavy (non-hydrogen) atoms. The summed E-state index contributed by atoms with van der Waals surface area (Å²) in [6.07, 6.45) is 1.76. The van der Waals surface area contributed by atoms with E-state index in [1.54, 1.807) is 30.3 Å². The fourth-order valence-electron chi connectivity index (χ4n) is 3.57. The second-order valence-corrected chi connectivity index (χ2v) is 8.08. The molecule has 0 fully saturated rings. The van der Waals surface area contributed by atoms with Gasteiger partial charge >= 0.3 is 5.97 Å². The van der Waals surface area contributed by atoms with Crippen LogP contribution >= 0.6 is 0 Å². The maximum Gasteiger partial charge on any atom is 0.338 e. The number of H-pyrrole nitrogens is 1. The second-order valence-electron chi connectivity index (χ2n) is 8.08. The van der Waals surface area contributed by atoms with Gasteiger partial charge in [-0.2, -0.15) is 0 Å². The molecule has 1 aromatic heterocycles. The summed E-state index contributed by atoms with van der Waals surface area (Å²) in [5, 5.41) is 2.69. The lowest BCUT2D eigenvalue weighted by Gasteiger charge is -2.08. The first-order valence-corrected chi connectivity index (χ1v) is 11.5. The lowest BCUT2D eigenvalue weighted by molar-refractivity contribution is 0.0499. The SMILES string of the molecule is CCCCOC(=O)c1ccc(NC(=O)c2ccc(-c3ccc(-c4ccccc4)cc3)[nH]c2=O)cc1. The van der Waals surface area contributed by atoms with Gasteiger partial charge in [0.1, 0.15) is 5.56 Å². The number of rotatable bonds is 8. The molecule has 6 nitrogen and oxygen atoms in total. The van der Waals surface area contributed by atoms with E-state index in [-0.39, 0.29) is 5.56 Å². The molecule has 0 saturated heterocycles. The van der Waals surface area contributed by atoms with Gasteiger partial charge < -0.3 is 15.0 Å². The van der Waals surface area contributed by atoms with E-state index in [2.05, 4.69) is 10.3 Å². The topological polar surface area (TPSA) is 88.3 Å². The van der Waals surface area contributed by atoms with Crippen LogP contribution in [-0.4, -0.2) is 23.5 Å². The van der Waals surface area contributed by atoms with Gasteiger partial charge in [-0.1, -0.05) is 67.9 Å². The van der Waals surface area contributed by atoms with Crippen LogP contribution in [0.4, 0.5) is 5.69 Å². The summed E-state index contributed by atoms with van der Waals surface area (Å²) >= 11 is 0. The average Bonchev–Trinajstić information content (AvgIpc) is 2.89. The maximum atomic E-state index is 12.7. The number of esters is 1. The lowest BCUT2D eigenvalue weighted by Crippen LogP contribution is -2.23. The fourth-order valence-corrected chi connectivity index (χ4v) is 3.57. The Bertz CT molecular complexity index is 1360. The molecule has 0 aliphatic rings. The number of anilines is 1. The number of carbonyl (C=O) groups is 2. The molecule has 176 valence electrons. The lowest BCUT2D eigenvalue weighted by atomic mass is 10.0. The van der Waals surface area contributed by atoms with Gasteiger partial charge in [0, 0.05) is 11.4 Å². The third kappa shape index (κ3) is 5.92. The Balaban J connectivity index is 1.42. The quantitative estimate of drug-likeness (QED) is 0.249. The number of benzene rings is 3. The predicted molar refractivity (Wildman–Crippen MR) is 138 cm³/mol. The highest BCUT2D eigenvalue weighted by atomic mass is 16.5. The van der Waals surface area contributed by atoms with E-state index >= 15 is 0 Å². The summed E-state index contributed by atoms with van der Waals surface area (Å²) in [5.74, 6) is -0.935. The highest BCUT2D eigenvalue weighted by Crippen LogP contribution is 2.23. The van der Waals surface area contributed by atoms with Crippen LogP contribution < -0.4 is 10.9 Å². The van der Waals surface area contributed by atoms with Crippen molar-refractivity contribution in [2.24, 2.45) is 0 Å². The van der Waals surface area contributed by atoms with Crippen LogP contribution in [0.2, 0.25) is 0 Å². The number of nitrogens with one attached hydrogen (secondary N) is 2. The first-order valence-electron chi connectivity index (χ1n) is 11.5. The predicted octanol–water partition coefficient (Wildman–Crippen LogP) is 5.92. The van der Waals surface area contributed by atoms with Crippen LogP contribution in [0.25, 0.3) is 22.4 Å². The number of ether oxygens (including phenoxy) is 1. The van der Waals surface area contributed by atoms with Crippen molar-refractivity contribution >= 4 is 17.6 Å². The molecule has 4 aromatic rings. The number of unbranched alkanes of at least 4 members (excludes halogenated alkanes) is 1. The van der Waals surface area contributed by atoms with Crippen molar-refractivity contribution in [3.05, 3.63) is 112 Å². The number of pyridine rings is 1. The molecule has 0 saturated carbocycles. The van der Waals surface area contributed by atoms with E-state index in [1.807, 2.05) is 61.5 Å². The zero-order chi connectivity index (χ0) is 24.6. The van der Waals surface area contributed by atoms with Crippen molar-refractivity contribution in [3.63, 3.8) is 0 Å². The van der Waals surface area contributed by atoms with E-state index in [0.29, 0.717) is 23.6 Å². The molecule has 0 aliphatic heterocycles. The molecule has 1 heterocycles. The largest absolute Gasteiger partial charge is 0.462 e. The molecule has 2 N–H and O–H groups in total. The molecular weight excluding hydrogens is 440 g/mol. The van der Waals surface area contributed by atoms with Crippen molar-refractivity contribution in [2.45, 2.75) is 19.8 Å². The summed E-state index contributed by atoms with van der Waals surface area (Å²) in [4.78, 5) is 40.1. The molecule has 0 bridgehead atoms. The Morgan fingerprint density at radius 2 is 1.46 bits per heavy atom. The molecule has 0 aliphatic carbocycles. The summed E-state index contributed by atoms with van der Waals surface area (Å²) in [6, 6.07) is 27.5. The molecule has 0 spiro atoms. The van der Waals surface area contributed by atoms with Gasteiger partial charge in [0.25, 0.3) is 11.5 Å². The Kier molecular flexibility index (Phi) is 7.53. The standard InChI is InChI=1S/C29H26N2O4/c1-2-3-19-35-29(34)23-13-15-24(16-14-23)30-27(32)25-17-18-26(31-28(25)33)22-11-9-21(10-12-22)20-7-5-4-6-8-20/h4-18H,2-3,19H2,1H3,(H,30,32)(H,31,33). The number of amides is 1. The van der Waals surface area contributed by atoms with E-state index in [0.717, 1.165) is 29.5 Å². The van der Waals surface area contributed by atoms with Crippen LogP contribution in [-0.2, 0) is 4.74 Å². The fraction of sp³-hybridized carbons (Fsp3) is 0.138. The highest BCUT2D eigenvalue weighted by Gasteiger charge is 2.13. The Morgan fingerprint density at radius 1 is 0.800 bits per heavy atom. The van der Waals surface area contributed by atoms with Crippen LogP contribution in [0.5, 0.6) is 0 Å². The Labute approximate surface area is 203 Å². The Morgan fingerprint density at radius 3 is 2.11 bits per heavy atom. The van der Waals surface area contributed by atoms with Gasteiger partial charge in [0.2, 0.25) is 0 Å². The van der Waals surface area contributed by atoms with Gasteiger partial charge in [-0.25, -0.2) is 4.79 Å². The molecule has 6 heteroatoms. The zero-order valence-electron chi connectivity index (χ0n) is 19.4. The van der Waals surface area contributed by atoms with Gasteiger partial charge in [0.15, 0.2) is 0 Å². The minimum absolute atomic E-state index is 0.00212. The first-order chi connectivity index (χ1) is 17.0. The zero-order valence-corrected chi connectivity index (χ0v) is 19.4. The van der Waals surface area contributed by atoms with E-state index in [1.165, 1.54) is 6.07 Å².